The number of carbonyl (C=O) groups is 2. The Balaban J connectivity index is 3.27. The van der Waals surface area contributed by atoms with Crippen LogP contribution in [0.2, 0.25) is 0 Å². The van der Waals surface area contributed by atoms with Gasteiger partial charge in [-0.25, -0.2) is 0 Å². The summed E-state index contributed by atoms with van der Waals surface area (Å²) in [4.78, 5) is 25.6. The Hall–Kier alpha value is -1.24. The highest BCUT2D eigenvalue weighted by atomic mass is 16.5. The van der Waals surface area contributed by atoms with Crippen molar-refractivity contribution in [2.24, 2.45) is 35.5 Å². The largest absolute Gasteiger partial charge is 0.462 e. The average Bonchev–Trinajstić information content (AvgIpc) is 2.71. The molecule has 6 nitrogen and oxygen atoms in total. The van der Waals surface area contributed by atoms with Crippen LogP contribution in [0.15, 0.2) is 12.7 Å². The number of aliphatic hydroxyl groups excluding tert-OH is 3. The number of cyclic esters (lactones) is 1. The lowest BCUT2D eigenvalue weighted by atomic mass is 9.77. The third-order valence-corrected chi connectivity index (χ3v) is 6.76. The number of carbonyl (C=O) groups excluding carboxylic acids is 2. The predicted molar refractivity (Wildman–Crippen MR) is 112 cm³/mol. The fraction of sp³-hybridized carbons (Fsp3) is 0.826. The summed E-state index contributed by atoms with van der Waals surface area (Å²) in [7, 11) is 0. The summed E-state index contributed by atoms with van der Waals surface area (Å²) in [6.45, 7) is 14.1. The number of hydrogen-bond acceptors (Lipinski definition) is 6. The molecular weight excluding hydrogens is 372 g/mol. The molecule has 1 heterocycles. The summed E-state index contributed by atoms with van der Waals surface area (Å²) in [5.74, 6) is -3.65. The van der Waals surface area contributed by atoms with Crippen LogP contribution in [-0.2, 0) is 14.3 Å². The van der Waals surface area contributed by atoms with Crippen molar-refractivity contribution in [2.75, 3.05) is 0 Å². The fourth-order valence-electron chi connectivity index (χ4n) is 4.39. The molecule has 168 valence electrons. The topological polar surface area (TPSA) is 104 Å². The fourth-order valence-corrected chi connectivity index (χ4v) is 4.39. The van der Waals surface area contributed by atoms with E-state index in [1.165, 1.54) is 0 Å². The van der Waals surface area contributed by atoms with E-state index in [9.17, 15) is 24.9 Å². The highest BCUT2D eigenvalue weighted by molar-refractivity contribution is 5.83. The van der Waals surface area contributed by atoms with Gasteiger partial charge in [-0.2, -0.15) is 0 Å². The van der Waals surface area contributed by atoms with Crippen LogP contribution in [0.3, 0.4) is 0 Å². The highest BCUT2D eigenvalue weighted by Crippen LogP contribution is 2.31. The molecule has 0 aromatic heterocycles. The van der Waals surface area contributed by atoms with Gasteiger partial charge in [0, 0.05) is 23.7 Å². The van der Waals surface area contributed by atoms with Crippen LogP contribution in [-0.4, -0.2) is 51.5 Å². The normalized spacial score (nSPS) is 43.3. The van der Waals surface area contributed by atoms with Crippen molar-refractivity contribution in [1.29, 1.82) is 0 Å². The first-order valence-electron chi connectivity index (χ1n) is 10.8. The lowest BCUT2D eigenvalue weighted by molar-refractivity contribution is -0.166. The number of esters is 1. The van der Waals surface area contributed by atoms with E-state index in [2.05, 4.69) is 6.58 Å². The predicted octanol–water partition coefficient (Wildman–Crippen LogP) is 2.74. The maximum atomic E-state index is 12.9. The van der Waals surface area contributed by atoms with Gasteiger partial charge in [0.05, 0.1) is 24.2 Å². The molecule has 0 bridgehead atoms. The van der Waals surface area contributed by atoms with E-state index in [4.69, 9.17) is 4.74 Å². The molecule has 0 saturated carbocycles. The number of hydrogen-bond donors (Lipinski definition) is 3. The van der Waals surface area contributed by atoms with Crippen LogP contribution < -0.4 is 0 Å². The van der Waals surface area contributed by atoms with E-state index >= 15 is 0 Å². The first kappa shape index (κ1) is 25.8. The number of rotatable bonds is 3. The molecular formula is C23H40O6. The standard InChI is InChI=1S/C23H40O6/c1-8-9-10-18-14(4)21(26)15(5)19(24)12(2)11-13(3)20(25)16(6)22(27)17(7)23(28)29-18/h8,12-18,20-22,25-27H,1,9-11H2,2-7H3. The molecule has 0 aliphatic carbocycles. The molecule has 10 unspecified atom stereocenters. The van der Waals surface area contributed by atoms with Gasteiger partial charge in [-0.3, -0.25) is 9.59 Å². The van der Waals surface area contributed by atoms with Crippen LogP contribution in [0, 0.1) is 35.5 Å². The van der Waals surface area contributed by atoms with Gasteiger partial charge in [-0.15, -0.1) is 6.58 Å². The molecule has 1 aliphatic heterocycles. The summed E-state index contributed by atoms with van der Waals surface area (Å²) in [6, 6.07) is 0. The summed E-state index contributed by atoms with van der Waals surface area (Å²) in [6.07, 6.45) is -0.275. The number of aliphatic hydroxyl groups is 3. The lowest BCUT2D eigenvalue weighted by Gasteiger charge is -2.36. The Bertz CT molecular complexity index is 562. The SMILES string of the molecule is C=CCCC1OC(=O)C(C)C(O)C(C)C(O)C(C)CC(C)C(=O)C(C)C(O)C1C. The van der Waals surface area contributed by atoms with E-state index in [1.54, 1.807) is 33.8 Å². The number of allylic oxidation sites excluding steroid dienone is 1. The monoisotopic (exact) mass is 412 g/mol. The van der Waals surface area contributed by atoms with Crippen LogP contribution in [0.4, 0.5) is 0 Å². The second-order valence-electron chi connectivity index (χ2n) is 9.13. The van der Waals surface area contributed by atoms with Crippen molar-refractivity contribution in [3.8, 4) is 0 Å². The van der Waals surface area contributed by atoms with Crippen molar-refractivity contribution in [3.05, 3.63) is 12.7 Å². The molecule has 6 heteroatoms. The third-order valence-electron chi connectivity index (χ3n) is 6.76. The van der Waals surface area contributed by atoms with Crippen LogP contribution in [0.1, 0.15) is 60.8 Å². The van der Waals surface area contributed by atoms with Gasteiger partial charge in [-0.1, -0.05) is 40.7 Å². The molecule has 3 N–H and O–H groups in total. The quantitative estimate of drug-likeness (QED) is 0.486. The Kier molecular flexibility index (Phi) is 9.99. The van der Waals surface area contributed by atoms with Gasteiger partial charge in [0.1, 0.15) is 11.9 Å². The Morgan fingerprint density at radius 1 is 0.931 bits per heavy atom. The van der Waals surface area contributed by atoms with Crippen LogP contribution in [0.5, 0.6) is 0 Å². The minimum Gasteiger partial charge on any atom is -0.462 e. The molecule has 0 aromatic carbocycles. The molecule has 1 rings (SSSR count). The molecule has 1 aliphatic rings. The van der Waals surface area contributed by atoms with Crippen molar-refractivity contribution in [2.45, 2.75) is 85.2 Å². The van der Waals surface area contributed by atoms with Gasteiger partial charge in [-0.05, 0) is 32.1 Å². The molecule has 0 aromatic rings. The van der Waals surface area contributed by atoms with E-state index in [0.29, 0.717) is 19.3 Å². The maximum Gasteiger partial charge on any atom is 0.311 e. The van der Waals surface area contributed by atoms with Crippen LogP contribution in [0.25, 0.3) is 0 Å². The van der Waals surface area contributed by atoms with E-state index in [0.717, 1.165) is 0 Å². The Morgan fingerprint density at radius 2 is 1.48 bits per heavy atom. The van der Waals surface area contributed by atoms with Gasteiger partial charge >= 0.3 is 5.97 Å². The van der Waals surface area contributed by atoms with Crippen molar-refractivity contribution in [3.63, 3.8) is 0 Å². The molecule has 1 fully saturated rings. The van der Waals surface area contributed by atoms with E-state index in [1.807, 2.05) is 13.8 Å². The lowest BCUT2D eigenvalue weighted by Crippen LogP contribution is -2.45. The minimum absolute atomic E-state index is 0.0733. The third kappa shape index (κ3) is 6.37. The Morgan fingerprint density at radius 3 is 2.03 bits per heavy atom. The molecule has 0 radical (unpaired) electrons. The zero-order valence-corrected chi connectivity index (χ0v) is 18.7. The second-order valence-corrected chi connectivity index (χ2v) is 9.13. The average molecular weight is 413 g/mol. The highest BCUT2D eigenvalue weighted by Gasteiger charge is 2.40. The molecule has 10 atom stereocenters. The van der Waals surface area contributed by atoms with E-state index in [-0.39, 0.29) is 17.6 Å². The summed E-state index contributed by atoms with van der Waals surface area (Å²) in [5, 5.41) is 32.2. The van der Waals surface area contributed by atoms with Crippen molar-refractivity contribution in [1.82, 2.24) is 0 Å². The van der Waals surface area contributed by atoms with E-state index < -0.39 is 54.1 Å². The van der Waals surface area contributed by atoms with Gasteiger partial charge in [0.2, 0.25) is 0 Å². The van der Waals surface area contributed by atoms with Gasteiger partial charge in [0.15, 0.2) is 0 Å². The molecule has 29 heavy (non-hydrogen) atoms. The zero-order chi connectivity index (χ0) is 22.5. The maximum absolute atomic E-state index is 12.9. The first-order chi connectivity index (χ1) is 13.4. The smallest absolute Gasteiger partial charge is 0.311 e. The number of Topliss-reactive ketones (excluding diaryl/α,β-unsaturated/α-hetero) is 1. The molecule has 1 saturated heterocycles. The van der Waals surface area contributed by atoms with Crippen LogP contribution >= 0.6 is 0 Å². The summed E-state index contributed by atoms with van der Waals surface area (Å²) in [5.41, 5.74) is 0. The van der Waals surface area contributed by atoms with Crippen molar-refractivity contribution < 1.29 is 29.6 Å². The first-order valence-corrected chi connectivity index (χ1v) is 10.8. The second kappa shape index (κ2) is 11.2. The van der Waals surface area contributed by atoms with Gasteiger partial charge < -0.3 is 20.1 Å². The zero-order valence-electron chi connectivity index (χ0n) is 18.7. The minimum atomic E-state index is -1.08. The summed E-state index contributed by atoms with van der Waals surface area (Å²) >= 11 is 0. The molecule has 0 amide bonds. The Labute approximate surface area is 175 Å². The summed E-state index contributed by atoms with van der Waals surface area (Å²) < 4.78 is 5.68. The number of ketones is 1. The number of ether oxygens (including phenoxy) is 1. The van der Waals surface area contributed by atoms with Crippen molar-refractivity contribution >= 4 is 11.8 Å². The van der Waals surface area contributed by atoms with Gasteiger partial charge in [0.25, 0.3) is 0 Å². The molecule has 0 spiro atoms.